The maximum absolute atomic E-state index is 11.0. The molecule has 0 fully saturated rings. The van der Waals surface area contributed by atoms with E-state index >= 15 is 0 Å². The van der Waals surface area contributed by atoms with E-state index in [1.807, 2.05) is 18.2 Å². The van der Waals surface area contributed by atoms with Crippen molar-refractivity contribution in [3.8, 4) is 0 Å². The Bertz CT molecular complexity index is 631. The number of nitrogens with zero attached hydrogens (tertiary/aromatic N) is 1. The van der Waals surface area contributed by atoms with Crippen LogP contribution in [0.3, 0.4) is 0 Å². The highest BCUT2D eigenvalue weighted by Gasteiger charge is 2.08. The van der Waals surface area contributed by atoms with Gasteiger partial charge < -0.3 is 15.6 Å². The van der Waals surface area contributed by atoms with Crippen LogP contribution in [0.2, 0.25) is 0 Å². The van der Waals surface area contributed by atoms with E-state index in [0.29, 0.717) is 0 Å². The average molecular weight is 299 g/mol. The van der Waals surface area contributed by atoms with Gasteiger partial charge in [0.1, 0.15) is 0 Å². The van der Waals surface area contributed by atoms with E-state index in [2.05, 4.69) is 41.9 Å². The van der Waals surface area contributed by atoms with Gasteiger partial charge in [-0.2, -0.15) is 0 Å². The number of primary amides is 1. The normalized spacial score (nSPS) is 10.6. The molecule has 22 heavy (non-hydrogen) atoms. The molecule has 0 unspecified atom stereocenters. The van der Waals surface area contributed by atoms with E-state index in [1.54, 1.807) is 0 Å². The van der Waals surface area contributed by atoms with Crippen molar-refractivity contribution in [2.75, 3.05) is 5.32 Å². The third-order valence-electron chi connectivity index (χ3n) is 3.69. The average Bonchev–Trinajstić information content (AvgIpc) is 2.82. The minimum absolute atomic E-state index is 0.531. The number of anilines is 1. The molecule has 2 amide bonds. The summed E-state index contributed by atoms with van der Waals surface area (Å²) in [6, 6.07) is 11.8. The summed E-state index contributed by atoms with van der Waals surface area (Å²) >= 11 is 0. The smallest absolute Gasteiger partial charge is 0.316 e. The van der Waals surface area contributed by atoms with Gasteiger partial charge in [0.25, 0.3) is 0 Å². The van der Waals surface area contributed by atoms with Crippen molar-refractivity contribution in [3.63, 3.8) is 0 Å². The van der Waals surface area contributed by atoms with Crippen LogP contribution in [0.4, 0.5) is 10.5 Å². The summed E-state index contributed by atoms with van der Waals surface area (Å²) in [4.78, 5) is 11.0. The fraction of sp³-hybridized carbons (Fsp3) is 0.389. The zero-order chi connectivity index (χ0) is 15.9. The summed E-state index contributed by atoms with van der Waals surface area (Å²) in [5, 5.41) is 2.63. The highest BCUT2D eigenvalue weighted by Crippen LogP contribution is 2.18. The van der Waals surface area contributed by atoms with E-state index in [-0.39, 0.29) is 0 Å². The Morgan fingerprint density at radius 3 is 2.59 bits per heavy atom. The van der Waals surface area contributed by atoms with Gasteiger partial charge >= 0.3 is 6.03 Å². The molecule has 0 saturated carbocycles. The Kier molecular flexibility index (Phi) is 5.64. The fourth-order valence-electron chi connectivity index (χ4n) is 2.81. The number of carbonyl (C=O) groups is 1. The number of aryl methyl sites for hydroxylation is 1. The van der Waals surface area contributed by atoms with Gasteiger partial charge in [-0.3, -0.25) is 0 Å². The fourth-order valence-corrected chi connectivity index (χ4v) is 2.81. The zero-order valence-electron chi connectivity index (χ0n) is 13.4. The van der Waals surface area contributed by atoms with Crippen LogP contribution in [0.25, 0.3) is 0 Å². The molecule has 1 aromatic carbocycles. The maximum atomic E-state index is 11.0. The third kappa shape index (κ3) is 4.13. The zero-order valence-corrected chi connectivity index (χ0v) is 13.4. The summed E-state index contributed by atoms with van der Waals surface area (Å²) in [5.74, 6) is 0. The highest BCUT2D eigenvalue weighted by atomic mass is 16.2. The maximum Gasteiger partial charge on any atom is 0.316 e. The standard InChI is InChI=1S/C18H25N3O/c1-3-6-16-9-10-17(21(16)11-4-2)13-14-7-5-8-15(12-14)20-18(19)22/h5,7-10,12H,3-4,6,11,13H2,1-2H3,(H3,19,20,22). The molecule has 0 atom stereocenters. The van der Waals surface area contributed by atoms with Crippen molar-refractivity contribution >= 4 is 11.7 Å². The van der Waals surface area contributed by atoms with E-state index < -0.39 is 6.03 Å². The number of rotatable bonds is 7. The quantitative estimate of drug-likeness (QED) is 0.799. The van der Waals surface area contributed by atoms with Crippen LogP contribution >= 0.6 is 0 Å². The van der Waals surface area contributed by atoms with Crippen LogP contribution < -0.4 is 11.1 Å². The number of nitrogens with one attached hydrogen (secondary N) is 1. The molecule has 0 bridgehead atoms. The van der Waals surface area contributed by atoms with Gasteiger partial charge in [-0.15, -0.1) is 0 Å². The summed E-state index contributed by atoms with van der Waals surface area (Å²) in [6.45, 7) is 5.47. The molecule has 3 N–H and O–H groups in total. The number of urea groups is 1. The molecule has 0 aliphatic heterocycles. The Morgan fingerprint density at radius 2 is 1.91 bits per heavy atom. The summed E-state index contributed by atoms with van der Waals surface area (Å²) < 4.78 is 2.43. The van der Waals surface area contributed by atoms with Gasteiger partial charge in [-0.1, -0.05) is 32.4 Å². The second-order valence-corrected chi connectivity index (χ2v) is 5.58. The molecular weight excluding hydrogens is 274 g/mol. The molecule has 1 aromatic heterocycles. The number of aromatic nitrogens is 1. The van der Waals surface area contributed by atoms with E-state index in [9.17, 15) is 4.79 Å². The van der Waals surface area contributed by atoms with Gasteiger partial charge in [0.15, 0.2) is 0 Å². The number of hydrogen-bond acceptors (Lipinski definition) is 1. The van der Waals surface area contributed by atoms with Crippen LogP contribution in [-0.2, 0) is 19.4 Å². The number of amides is 2. The van der Waals surface area contributed by atoms with Crippen LogP contribution in [0.1, 0.15) is 43.6 Å². The largest absolute Gasteiger partial charge is 0.351 e. The Hall–Kier alpha value is -2.23. The van der Waals surface area contributed by atoms with Crippen molar-refractivity contribution in [2.24, 2.45) is 5.73 Å². The molecule has 0 aliphatic carbocycles. The molecule has 118 valence electrons. The first-order valence-electron chi connectivity index (χ1n) is 7.96. The summed E-state index contributed by atoms with van der Waals surface area (Å²) in [5.41, 5.74) is 9.82. The summed E-state index contributed by atoms with van der Waals surface area (Å²) in [6.07, 6.45) is 4.26. The van der Waals surface area contributed by atoms with Crippen molar-refractivity contribution in [1.82, 2.24) is 4.57 Å². The molecule has 2 rings (SSSR count). The van der Waals surface area contributed by atoms with Crippen molar-refractivity contribution < 1.29 is 4.79 Å². The van der Waals surface area contributed by atoms with E-state index in [0.717, 1.165) is 37.9 Å². The van der Waals surface area contributed by atoms with Gasteiger partial charge in [-0.25, -0.2) is 4.79 Å². The predicted molar refractivity (Wildman–Crippen MR) is 91.2 cm³/mol. The first-order valence-corrected chi connectivity index (χ1v) is 7.96. The lowest BCUT2D eigenvalue weighted by Gasteiger charge is -2.13. The topological polar surface area (TPSA) is 60.0 Å². The van der Waals surface area contributed by atoms with Crippen LogP contribution in [0.15, 0.2) is 36.4 Å². The van der Waals surface area contributed by atoms with E-state index in [4.69, 9.17) is 5.73 Å². The number of hydrogen-bond donors (Lipinski definition) is 2. The lowest BCUT2D eigenvalue weighted by atomic mass is 10.1. The van der Waals surface area contributed by atoms with Gasteiger partial charge in [-0.05, 0) is 42.7 Å². The van der Waals surface area contributed by atoms with E-state index in [1.165, 1.54) is 17.0 Å². The molecule has 0 saturated heterocycles. The lowest BCUT2D eigenvalue weighted by Crippen LogP contribution is -2.19. The van der Waals surface area contributed by atoms with Crippen molar-refractivity contribution in [3.05, 3.63) is 53.3 Å². The van der Waals surface area contributed by atoms with Gasteiger partial charge in [0.05, 0.1) is 0 Å². The summed E-state index contributed by atoms with van der Waals surface area (Å²) in [7, 11) is 0. The van der Waals surface area contributed by atoms with Crippen LogP contribution in [0.5, 0.6) is 0 Å². The Morgan fingerprint density at radius 1 is 1.14 bits per heavy atom. The Balaban J connectivity index is 2.21. The van der Waals surface area contributed by atoms with Crippen molar-refractivity contribution in [1.29, 1.82) is 0 Å². The van der Waals surface area contributed by atoms with Crippen LogP contribution in [0, 0.1) is 0 Å². The molecule has 0 radical (unpaired) electrons. The minimum Gasteiger partial charge on any atom is -0.351 e. The molecule has 2 aromatic rings. The molecular formula is C18H25N3O. The number of carbonyl (C=O) groups excluding carboxylic acids is 1. The minimum atomic E-state index is -0.531. The molecule has 0 spiro atoms. The van der Waals surface area contributed by atoms with Crippen LogP contribution in [-0.4, -0.2) is 10.6 Å². The number of benzene rings is 1. The first-order chi connectivity index (χ1) is 10.6. The second kappa shape index (κ2) is 7.69. The molecule has 1 heterocycles. The monoisotopic (exact) mass is 299 g/mol. The molecule has 4 heteroatoms. The lowest BCUT2D eigenvalue weighted by molar-refractivity contribution is 0.259. The second-order valence-electron chi connectivity index (χ2n) is 5.58. The van der Waals surface area contributed by atoms with Gasteiger partial charge in [0, 0.05) is 30.0 Å². The van der Waals surface area contributed by atoms with Crippen molar-refractivity contribution in [2.45, 2.75) is 46.1 Å². The number of nitrogens with two attached hydrogens (primary N) is 1. The predicted octanol–water partition coefficient (Wildman–Crippen LogP) is 3.93. The Labute approximate surface area is 132 Å². The van der Waals surface area contributed by atoms with Gasteiger partial charge in [0.2, 0.25) is 0 Å². The SMILES string of the molecule is CCCc1ccc(Cc2cccc(NC(N)=O)c2)n1CCC. The third-order valence-corrected chi connectivity index (χ3v) is 3.69. The molecule has 0 aliphatic rings. The highest BCUT2D eigenvalue weighted by molar-refractivity contribution is 5.87. The molecule has 4 nitrogen and oxygen atoms in total. The first kappa shape index (κ1) is 16.1.